The Kier molecular flexibility index (Phi) is 5.17. The molecule has 2 rings (SSSR count). The summed E-state index contributed by atoms with van der Waals surface area (Å²) in [7, 11) is 3.97. The zero-order chi connectivity index (χ0) is 12.3. The molecular formula is C15H19ClN2. The lowest BCUT2D eigenvalue weighted by Gasteiger charge is -2.12. The van der Waals surface area contributed by atoms with Gasteiger partial charge >= 0.3 is 0 Å². The highest BCUT2D eigenvalue weighted by molar-refractivity contribution is 5.86. The van der Waals surface area contributed by atoms with Crippen LogP contribution in [0.25, 0.3) is 10.8 Å². The minimum Gasteiger partial charge on any atom is -0.369 e. The molecule has 1 atom stereocenters. The zero-order valence-corrected chi connectivity index (χ0v) is 11.8. The molecule has 1 unspecified atom stereocenters. The molecule has 2 nitrogen and oxygen atoms in total. The van der Waals surface area contributed by atoms with Crippen molar-refractivity contribution in [3.05, 3.63) is 48.0 Å². The Bertz CT molecular complexity index is 530. The Morgan fingerprint density at radius 2 is 1.72 bits per heavy atom. The van der Waals surface area contributed by atoms with E-state index in [0.717, 1.165) is 0 Å². The van der Waals surface area contributed by atoms with Gasteiger partial charge in [0.2, 0.25) is 0 Å². The summed E-state index contributed by atoms with van der Waals surface area (Å²) >= 11 is 0. The number of nitrogens with zero attached hydrogens (tertiary/aromatic N) is 2. The average Bonchev–Trinajstić information content (AvgIpc) is 2.35. The van der Waals surface area contributed by atoms with Crippen LogP contribution >= 0.6 is 12.4 Å². The van der Waals surface area contributed by atoms with E-state index in [4.69, 9.17) is 0 Å². The van der Waals surface area contributed by atoms with Crippen molar-refractivity contribution in [2.45, 2.75) is 13.0 Å². The maximum Gasteiger partial charge on any atom is 0.0852 e. The summed E-state index contributed by atoms with van der Waals surface area (Å²) in [6.07, 6.45) is 1.87. The van der Waals surface area contributed by atoms with E-state index in [1.807, 2.05) is 25.3 Å². The Morgan fingerprint density at radius 3 is 2.44 bits per heavy atom. The van der Waals surface area contributed by atoms with Crippen LogP contribution in [0, 0.1) is 0 Å². The van der Waals surface area contributed by atoms with Gasteiger partial charge in [0.25, 0.3) is 0 Å². The summed E-state index contributed by atoms with van der Waals surface area (Å²) in [5.41, 5.74) is 1.28. The first-order valence-electron chi connectivity index (χ1n) is 5.86. The van der Waals surface area contributed by atoms with Crippen LogP contribution in [0.2, 0.25) is 0 Å². The standard InChI is InChI=1S/C15H18N2.ClH/c1-12(16-11-17(2)3)14-10-6-8-13-7-4-5-9-15(13)14;/h4-12H,1-3H3;1H. The molecule has 0 fully saturated rings. The van der Waals surface area contributed by atoms with E-state index in [-0.39, 0.29) is 18.4 Å². The molecule has 0 spiro atoms. The number of rotatable bonds is 3. The van der Waals surface area contributed by atoms with E-state index in [2.05, 4.69) is 54.4 Å². The van der Waals surface area contributed by atoms with Gasteiger partial charge in [0.1, 0.15) is 0 Å². The van der Waals surface area contributed by atoms with Gasteiger partial charge in [0, 0.05) is 14.1 Å². The second kappa shape index (κ2) is 6.41. The first-order valence-corrected chi connectivity index (χ1v) is 5.86. The van der Waals surface area contributed by atoms with Crippen LogP contribution in [0.3, 0.4) is 0 Å². The minimum absolute atomic E-state index is 0. The van der Waals surface area contributed by atoms with Crippen molar-refractivity contribution in [3.63, 3.8) is 0 Å². The quantitative estimate of drug-likeness (QED) is 0.605. The number of fused-ring (bicyclic) bond motifs is 1. The van der Waals surface area contributed by atoms with Crippen molar-refractivity contribution in [2.24, 2.45) is 4.99 Å². The van der Waals surface area contributed by atoms with Crippen molar-refractivity contribution >= 4 is 29.5 Å². The smallest absolute Gasteiger partial charge is 0.0852 e. The van der Waals surface area contributed by atoms with E-state index in [1.165, 1.54) is 16.3 Å². The molecule has 0 saturated heterocycles. The minimum atomic E-state index is 0. The Hall–Kier alpha value is -1.54. The predicted octanol–water partition coefficient (Wildman–Crippen LogP) is 3.91. The fraction of sp³-hybridized carbons (Fsp3) is 0.267. The Labute approximate surface area is 115 Å². The lowest BCUT2D eigenvalue weighted by Crippen LogP contribution is -2.08. The normalized spacial score (nSPS) is 12.4. The fourth-order valence-corrected chi connectivity index (χ4v) is 1.93. The van der Waals surface area contributed by atoms with E-state index in [9.17, 15) is 0 Å². The van der Waals surface area contributed by atoms with Crippen molar-refractivity contribution < 1.29 is 0 Å². The topological polar surface area (TPSA) is 15.6 Å². The van der Waals surface area contributed by atoms with Crippen LogP contribution in [0.5, 0.6) is 0 Å². The fourth-order valence-electron chi connectivity index (χ4n) is 1.93. The molecule has 96 valence electrons. The summed E-state index contributed by atoms with van der Waals surface area (Å²) in [4.78, 5) is 6.50. The van der Waals surface area contributed by atoms with Crippen molar-refractivity contribution in [1.82, 2.24) is 4.90 Å². The van der Waals surface area contributed by atoms with Crippen LogP contribution < -0.4 is 0 Å². The average molecular weight is 263 g/mol. The number of benzene rings is 2. The van der Waals surface area contributed by atoms with Gasteiger partial charge in [-0.25, -0.2) is 0 Å². The van der Waals surface area contributed by atoms with E-state index >= 15 is 0 Å². The molecule has 0 bridgehead atoms. The third-order valence-corrected chi connectivity index (χ3v) is 2.79. The van der Waals surface area contributed by atoms with E-state index < -0.39 is 0 Å². The SMILES string of the molecule is CC(N=CN(C)C)c1cccc2ccccc12.Cl. The zero-order valence-electron chi connectivity index (χ0n) is 11.0. The maximum atomic E-state index is 4.54. The third-order valence-electron chi connectivity index (χ3n) is 2.79. The lowest BCUT2D eigenvalue weighted by molar-refractivity contribution is 0.631. The molecule has 0 radical (unpaired) electrons. The summed E-state index contributed by atoms with van der Waals surface area (Å²) in [6, 6.07) is 15.0. The van der Waals surface area contributed by atoms with Gasteiger partial charge < -0.3 is 4.90 Å². The Balaban J connectivity index is 0.00000162. The molecule has 0 aliphatic rings. The molecule has 0 aromatic heterocycles. The molecule has 2 aromatic rings. The predicted molar refractivity (Wildman–Crippen MR) is 81.8 cm³/mol. The van der Waals surface area contributed by atoms with E-state index in [1.54, 1.807) is 0 Å². The van der Waals surface area contributed by atoms with Crippen LogP contribution in [-0.4, -0.2) is 25.3 Å². The molecule has 0 saturated carbocycles. The second-order valence-corrected chi connectivity index (χ2v) is 4.47. The Morgan fingerprint density at radius 1 is 1.06 bits per heavy atom. The molecule has 0 N–H and O–H groups in total. The largest absolute Gasteiger partial charge is 0.369 e. The summed E-state index contributed by atoms with van der Waals surface area (Å²) in [6.45, 7) is 2.13. The highest BCUT2D eigenvalue weighted by atomic mass is 35.5. The highest BCUT2D eigenvalue weighted by Gasteiger charge is 2.06. The van der Waals surface area contributed by atoms with Gasteiger partial charge in [-0.15, -0.1) is 12.4 Å². The molecule has 0 aliphatic carbocycles. The number of aliphatic imine (C=N–C) groups is 1. The van der Waals surface area contributed by atoms with Crippen molar-refractivity contribution in [2.75, 3.05) is 14.1 Å². The van der Waals surface area contributed by atoms with Crippen LogP contribution in [0.15, 0.2) is 47.5 Å². The number of hydrogen-bond acceptors (Lipinski definition) is 1. The van der Waals surface area contributed by atoms with Crippen molar-refractivity contribution in [1.29, 1.82) is 0 Å². The molecule has 0 amide bonds. The van der Waals surface area contributed by atoms with E-state index in [0.29, 0.717) is 0 Å². The molecule has 3 heteroatoms. The van der Waals surface area contributed by atoms with Gasteiger partial charge in [0.05, 0.1) is 12.4 Å². The summed E-state index contributed by atoms with van der Waals surface area (Å²) < 4.78 is 0. The lowest BCUT2D eigenvalue weighted by atomic mass is 10.0. The van der Waals surface area contributed by atoms with Crippen LogP contribution in [0.1, 0.15) is 18.5 Å². The first-order chi connectivity index (χ1) is 8.18. The summed E-state index contributed by atoms with van der Waals surface area (Å²) in [5.74, 6) is 0. The maximum absolute atomic E-state index is 4.54. The van der Waals surface area contributed by atoms with Crippen LogP contribution in [-0.2, 0) is 0 Å². The molecule has 2 aromatic carbocycles. The first kappa shape index (κ1) is 14.5. The van der Waals surface area contributed by atoms with Gasteiger partial charge in [-0.1, -0.05) is 42.5 Å². The molecular weight excluding hydrogens is 244 g/mol. The monoisotopic (exact) mass is 262 g/mol. The molecule has 0 heterocycles. The highest BCUT2D eigenvalue weighted by Crippen LogP contribution is 2.25. The van der Waals surface area contributed by atoms with Gasteiger partial charge in [0.15, 0.2) is 0 Å². The molecule has 0 aliphatic heterocycles. The third kappa shape index (κ3) is 3.23. The summed E-state index contributed by atoms with van der Waals surface area (Å²) in [5, 5.41) is 2.57. The van der Waals surface area contributed by atoms with Crippen molar-refractivity contribution in [3.8, 4) is 0 Å². The van der Waals surface area contributed by atoms with Gasteiger partial charge in [-0.2, -0.15) is 0 Å². The number of hydrogen-bond donors (Lipinski definition) is 0. The molecule has 18 heavy (non-hydrogen) atoms. The second-order valence-electron chi connectivity index (χ2n) is 4.47. The number of halogens is 1. The van der Waals surface area contributed by atoms with Gasteiger partial charge in [-0.3, -0.25) is 4.99 Å². The van der Waals surface area contributed by atoms with Crippen LogP contribution in [0.4, 0.5) is 0 Å². The van der Waals surface area contributed by atoms with Gasteiger partial charge in [-0.05, 0) is 23.3 Å².